The Labute approximate surface area is 163 Å². The molecule has 1 N–H and O–H groups in total. The van der Waals surface area contributed by atoms with Gasteiger partial charge < -0.3 is 19.5 Å². The topological polar surface area (TPSA) is 56.8 Å². The van der Waals surface area contributed by atoms with Gasteiger partial charge in [-0.2, -0.15) is 0 Å². The van der Waals surface area contributed by atoms with Gasteiger partial charge in [0, 0.05) is 5.56 Å². The number of ether oxygens (including phenoxy) is 3. The second-order valence-electron chi connectivity index (χ2n) is 6.51. The molecule has 0 spiro atoms. The van der Waals surface area contributed by atoms with Gasteiger partial charge in [0.05, 0.1) is 6.54 Å². The third-order valence-electron chi connectivity index (χ3n) is 4.42. The molecule has 1 atom stereocenters. The first-order chi connectivity index (χ1) is 13.8. The Morgan fingerprint density at radius 1 is 0.929 bits per heavy atom. The molecule has 0 aliphatic carbocycles. The minimum absolute atomic E-state index is 0.141. The van der Waals surface area contributed by atoms with Crippen molar-refractivity contribution in [2.24, 2.45) is 0 Å². The lowest BCUT2D eigenvalue weighted by molar-refractivity contribution is 0.0789. The van der Waals surface area contributed by atoms with E-state index in [0.29, 0.717) is 31.1 Å². The van der Waals surface area contributed by atoms with Gasteiger partial charge in [-0.3, -0.25) is 4.79 Å². The average Bonchev–Trinajstić information content (AvgIpc) is 2.77. The zero-order chi connectivity index (χ0) is 19.2. The van der Waals surface area contributed by atoms with Crippen LogP contribution in [-0.2, 0) is 6.61 Å². The quantitative estimate of drug-likeness (QED) is 0.711. The van der Waals surface area contributed by atoms with E-state index < -0.39 is 0 Å². The summed E-state index contributed by atoms with van der Waals surface area (Å²) in [6.45, 7) is 1.25. The van der Waals surface area contributed by atoms with Gasteiger partial charge in [0.15, 0.2) is 11.5 Å². The lowest BCUT2D eigenvalue weighted by Gasteiger charge is -2.26. The van der Waals surface area contributed by atoms with Crippen molar-refractivity contribution in [3.05, 3.63) is 90.0 Å². The highest BCUT2D eigenvalue weighted by molar-refractivity contribution is 5.94. The summed E-state index contributed by atoms with van der Waals surface area (Å²) in [6.07, 6.45) is -0.211. The van der Waals surface area contributed by atoms with Crippen LogP contribution in [0, 0.1) is 0 Å². The van der Waals surface area contributed by atoms with Crippen molar-refractivity contribution in [3.63, 3.8) is 0 Å². The highest BCUT2D eigenvalue weighted by atomic mass is 16.6. The number of carbonyl (C=O) groups is 1. The molecule has 3 aromatic carbocycles. The molecule has 1 aliphatic heterocycles. The molecule has 0 fully saturated rings. The van der Waals surface area contributed by atoms with Gasteiger partial charge in [0.2, 0.25) is 0 Å². The molecule has 1 amide bonds. The summed E-state index contributed by atoms with van der Waals surface area (Å²) < 4.78 is 17.2. The average molecular weight is 375 g/mol. The van der Waals surface area contributed by atoms with E-state index >= 15 is 0 Å². The molecule has 4 rings (SSSR count). The summed E-state index contributed by atoms with van der Waals surface area (Å²) >= 11 is 0. The van der Waals surface area contributed by atoms with Crippen molar-refractivity contribution in [1.82, 2.24) is 5.32 Å². The van der Waals surface area contributed by atoms with Crippen LogP contribution in [0.2, 0.25) is 0 Å². The van der Waals surface area contributed by atoms with Crippen molar-refractivity contribution in [3.8, 4) is 17.2 Å². The third-order valence-corrected chi connectivity index (χ3v) is 4.42. The lowest BCUT2D eigenvalue weighted by atomic mass is 10.1. The molecular weight excluding hydrogens is 354 g/mol. The fraction of sp³-hybridized carbons (Fsp3) is 0.174. The predicted molar refractivity (Wildman–Crippen MR) is 106 cm³/mol. The predicted octanol–water partition coefficient (Wildman–Crippen LogP) is 3.84. The molecule has 0 saturated carbocycles. The number of amides is 1. The monoisotopic (exact) mass is 375 g/mol. The number of rotatable bonds is 6. The summed E-state index contributed by atoms with van der Waals surface area (Å²) in [6, 6.07) is 24.6. The first kappa shape index (κ1) is 17.9. The second-order valence-corrected chi connectivity index (χ2v) is 6.51. The van der Waals surface area contributed by atoms with Gasteiger partial charge >= 0.3 is 0 Å². The van der Waals surface area contributed by atoms with E-state index in [-0.39, 0.29) is 12.0 Å². The molecule has 0 radical (unpaired) electrons. The van der Waals surface area contributed by atoms with E-state index in [2.05, 4.69) is 5.32 Å². The molecule has 142 valence electrons. The van der Waals surface area contributed by atoms with Gasteiger partial charge in [-0.1, -0.05) is 42.5 Å². The minimum atomic E-state index is -0.211. The van der Waals surface area contributed by atoms with Gasteiger partial charge in [0.1, 0.15) is 25.1 Å². The first-order valence-electron chi connectivity index (χ1n) is 9.21. The number of fused-ring (bicyclic) bond motifs is 1. The molecule has 5 nitrogen and oxygen atoms in total. The smallest absolute Gasteiger partial charge is 0.251 e. The Kier molecular flexibility index (Phi) is 5.43. The molecule has 0 saturated heterocycles. The first-order valence-corrected chi connectivity index (χ1v) is 9.21. The van der Waals surface area contributed by atoms with E-state index in [9.17, 15) is 4.79 Å². The third kappa shape index (κ3) is 4.43. The maximum Gasteiger partial charge on any atom is 0.251 e. The molecule has 28 heavy (non-hydrogen) atoms. The van der Waals surface area contributed by atoms with E-state index in [0.717, 1.165) is 17.1 Å². The van der Waals surface area contributed by atoms with Crippen molar-refractivity contribution in [2.75, 3.05) is 13.2 Å². The largest absolute Gasteiger partial charge is 0.489 e. The maximum absolute atomic E-state index is 12.4. The highest BCUT2D eigenvalue weighted by Crippen LogP contribution is 2.30. The number of hydrogen-bond donors (Lipinski definition) is 1. The van der Waals surface area contributed by atoms with Gasteiger partial charge in [0.25, 0.3) is 5.91 Å². The molecule has 0 unspecified atom stereocenters. The fourth-order valence-electron chi connectivity index (χ4n) is 2.91. The number of hydrogen-bond acceptors (Lipinski definition) is 4. The second kappa shape index (κ2) is 8.48. The van der Waals surface area contributed by atoms with E-state index in [4.69, 9.17) is 14.2 Å². The molecule has 1 aliphatic rings. The lowest BCUT2D eigenvalue weighted by Crippen LogP contribution is -2.40. The van der Waals surface area contributed by atoms with Crippen LogP contribution in [0.3, 0.4) is 0 Å². The van der Waals surface area contributed by atoms with E-state index in [1.807, 2.05) is 66.7 Å². The number of nitrogens with one attached hydrogen (secondary N) is 1. The summed E-state index contributed by atoms with van der Waals surface area (Å²) in [5, 5.41) is 2.90. The Hall–Kier alpha value is -3.47. The van der Waals surface area contributed by atoms with Crippen LogP contribution in [0.4, 0.5) is 0 Å². The van der Waals surface area contributed by atoms with Crippen LogP contribution < -0.4 is 19.5 Å². The molecule has 5 heteroatoms. The van der Waals surface area contributed by atoms with Crippen LogP contribution in [0.1, 0.15) is 15.9 Å². The molecule has 0 bridgehead atoms. The van der Waals surface area contributed by atoms with Crippen molar-refractivity contribution >= 4 is 5.91 Å². The summed E-state index contributed by atoms with van der Waals surface area (Å²) in [5.74, 6) is 2.12. The zero-order valence-electron chi connectivity index (χ0n) is 15.3. The Balaban J connectivity index is 1.27. The van der Waals surface area contributed by atoms with Crippen LogP contribution >= 0.6 is 0 Å². The SMILES string of the molecule is O=C(NC[C@H]1COc2ccccc2O1)c1ccc(COc2ccccc2)cc1. The Morgan fingerprint density at radius 2 is 1.64 bits per heavy atom. The number of carbonyl (C=O) groups excluding carboxylic acids is 1. The molecule has 1 heterocycles. The van der Waals surface area contributed by atoms with Crippen LogP contribution in [0.15, 0.2) is 78.9 Å². The normalized spacial score (nSPS) is 14.9. The number of para-hydroxylation sites is 3. The van der Waals surface area contributed by atoms with Crippen molar-refractivity contribution in [1.29, 1.82) is 0 Å². The highest BCUT2D eigenvalue weighted by Gasteiger charge is 2.21. The van der Waals surface area contributed by atoms with Crippen LogP contribution in [0.25, 0.3) is 0 Å². The van der Waals surface area contributed by atoms with Gasteiger partial charge in [-0.25, -0.2) is 0 Å². The van der Waals surface area contributed by atoms with E-state index in [1.54, 1.807) is 12.1 Å². The number of benzene rings is 3. The Morgan fingerprint density at radius 3 is 2.43 bits per heavy atom. The summed E-state index contributed by atoms with van der Waals surface area (Å²) in [4.78, 5) is 12.4. The minimum Gasteiger partial charge on any atom is -0.489 e. The maximum atomic E-state index is 12.4. The summed E-state index contributed by atoms with van der Waals surface area (Å²) in [5.41, 5.74) is 1.60. The van der Waals surface area contributed by atoms with Crippen LogP contribution in [-0.4, -0.2) is 25.2 Å². The Bertz CT molecular complexity index is 925. The van der Waals surface area contributed by atoms with Gasteiger partial charge in [-0.05, 0) is 42.0 Å². The summed E-state index contributed by atoms with van der Waals surface area (Å²) in [7, 11) is 0. The van der Waals surface area contributed by atoms with Crippen molar-refractivity contribution < 1.29 is 19.0 Å². The zero-order valence-corrected chi connectivity index (χ0v) is 15.3. The molecular formula is C23H21NO4. The van der Waals surface area contributed by atoms with Crippen LogP contribution in [0.5, 0.6) is 17.2 Å². The van der Waals surface area contributed by atoms with Gasteiger partial charge in [-0.15, -0.1) is 0 Å². The molecule has 0 aromatic heterocycles. The standard InChI is InChI=1S/C23H21NO4/c25-23(24-14-20-16-27-21-8-4-5-9-22(21)28-20)18-12-10-17(11-13-18)15-26-19-6-2-1-3-7-19/h1-13,20H,14-16H2,(H,24,25)/t20-/m0/s1. The molecule has 3 aromatic rings. The van der Waals surface area contributed by atoms with Crippen molar-refractivity contribution in [2.45, 2.75) is 12.7 Å². The van der Waals surface area contributed by atoms with E-state index in [1.165, 1.54) is 0 Å². The fourth-order valence-corrected chi connectivity index (χ4v) is 2.91.